The topological polar surface area (TPSA) is 81.5 Å². The van der Waals surface area contributed by atoms with Crippen LogP contribution in [-0.4, -0.2) is 56.9 Å². The van der Waals surface area contributed by atoms with Crippen molar-refractivity contribution in [3.63, 3.8) is 0 Å². The van der Waals surface area contributed by atoms with Gasteiger partial charge in [0, 0.05) is 41.8 Å². The zero-order chi connectivity index (χ0) is 29.1. The van der Waals surface area contributed by atoms with E-state index in [9.17, 15) is 13.6 Å². The molecule has 0 radical (unpaired) electrons. The van der Waals surface area contributed by atoms with Crippen LogP contribution in [-0.2, 0) is 22.6 Å². The maximum absolute atomic E-state index is 13.7. The molecule has 4 aromatic rings. The van der Waals surface area contributed by atoms with Crippen LogP contribution in [0.2, 0.25) is 5.02 Å². The number of anilines is 1. The quantitative estimate of drug-likeness (QED) is 0.262. The first-order valence-electron chi connectivity index (χ1n) is 13.5. The standard InChI is InChI=1S/C30H32ClF2N5O3/c1-30(2,3)41-29(39)37-12-13-40-21(18-37)10-11-38-26(22-6-4-5-7-23(22)31)15-20-17-35-28(36-27(20)38)34-16-19-8-9-24(32)25(33)14-19/h4-9,14-15,17,21H,10-13,16,18H2,1-3H3,(H,34,35,36). The number of ether oxygens (including phenoxy) is 2. The summed E-state index contributed by atoms with van der Waals surface area (Å²) in [4.78, 5) is 23.5. The summed E-state index contributed by atoms with van der Waals surface area (Å²) < 4.78 is 40.6. The summed E-state index contributed by atoms with van der Waals surface area (Å²) in [5.41, 5.74) is 2.39. The van der Waals surface area contributed by atoms with Gasteiger partial charge in [0.1, 0.15) is 11.2 Å². The Morgan fingerprint density at radius 2 is 1.98 bits per heavy atom. The van der Waals surface area contributed by atoms with Crippen LogP contribution < -0.4 is 5.32 Å². The van der Waals surface area contributed by atoms with Crippen LogP contribution >= 0.6 is 11.6 Å². The Kier molecular flexibility index (Phi) is 8.42. The zero-order valence-electron chi connectivity index (χ0n) is 23.2. The number of carbonyl (C=O) groups is 1. The Hall–Kier alpha value is -3.76. The summed E-state index contributed by atoms with van der Waals surface area (Å²) in [6.45, 7) is 7.62. The molecule has 1 amide bonds. The van der Waals surface area contributed by atoms with Gasteiger partial charge in [-0.1, -0.05) is 35.9 Å². The van der Waals surface area contributed by atoms with Gasteiger partial charge in [0.05, 0.1) is 24.9 Å². The fourth-order valence-electron chi connectivity index (χ4n) is 4.73. The summed E-state index contributed by atoms with van der Waals surface area (Å²) in [5.74, 6) is -1.46. The van der Waals surface area contributed by atoms with E-state index >= 15 is 0 Å². The second kappa shape index (κ2) is 12.0. The van der Waals surface area contributed by atoms with Crippen molar-refractivity contribution in [1.29, 1.82) is 0 Å². The van der Waals surface area contributed by atoms with E-state index in [1.165, 1.54) is 6.07 Å². The van der Waals surface area contributed by atoms with Crippen LogP contribution in [0, 0.1) is 11.6 Å². The highest BCUT2D eigenvalue weighted by Gasteiger charge is 2.28. The highest BCUT2D eigenvalue weighted by molar-refractivity contribution is 6.33. The van der Waals surface area contributed by atoms with E-state index < -0.39 is 17.2 Å². The van der Waals surface area contributed by atoms with E-state index in [1.54, 1.807) is 11.1 Å². The van der Waals surface area contributed by atoms with Gasteiger partial charge < -0.3 is 24.3 Å². The molecule has 1 atom stereocenters. The van der Waals surface area contributed by atoms with Crippen LogP contribution in [0.4, 0.5) is 19.5 Å². The average Bonchev–Trinajstić information content (AvgIpc) is 3.29. The molecule has 1 unspecified atom stereocenters. The summed E-state index contributed by atoms with van der Waals surface area (Å²) in [6, 6.07) is 13.3. The molecule has 216 valence electrons. The van der Waals surface area contributed by atoms with Gasteiger partial charge in [-0.2, -0.15) is 4.98 Å². The maximum atomic E-state index is 13.7. The van der Waals surface area contributed by atoms with Gasteiger partial charge in [0.25, 0.3) is 0 Å². The van der Waals surface area contributed by atoms with Gasteiger partial charge >= 0.3 is 6.09 Å². The first-order valence-corrected chi connectivity index (χ1v) is 13.8. The Balaban J connectivity index is 1.39. The number of halogens is 3. The molecule has 1 aliphatic rings. The third-order valence-corrected chi connectivity index (χ3v) is 7.01. The lowest BCUT2D eigenvalue weighted by molar-refractivity contribution is -0.0455. The lowest BCUT2D eigenvalue weighted by Gasteiger charge is -2.34. The minimum Gasteiger partial charge on any atom is -0.444 e. The van der Waals surface area contributed by atoms with Gasteiger partial charge in [0.2, 0.25) is 5.95 Å². The second-order valence-electron chi connectivity index (χ2n) is 10.9. The number of nitrogens with zero attached hydrogens (tertiary/aromatic N) is 4. The Labute approximate surface area is 242 Å². The molecule has 2 aromatic carbocycles. The summed E-state index contributed by atoms with van der Waals surface area (Å²) in [6.07, 6.45) is 1.79. The van der Waals surface area contributed by atoms with Gasteiger partial charge in [0.15, 0.2) is 11.6 Å². The van der Waals surface area contributed by atoms with Gasteiger partial charge in [-0.3, -0.25) is 0 Å². The lowest BCUT2D eigenvalue weighted by atomic mass is 10.1. The van der Waals surface area contributed by atoms with Crippen molar-refractivity contribution < 1.29 is 23.0 Å². The van der Waals surface area contributed by atoms with Crippen LogP contribution in [0.15, 0.2) is 54.7 Å². The molecule has 1 aliphatic heterocycles. The Bertz CT molecular complexity index is 1560. The van der Waals surface area contributed by atoms with E-state index in [2.05, 4.69) is 14.9 Å². The highest BCUT2D eigenvalue weighted by Crippen LogP contribution is 2.33. The molecule has 41 heavy (non-hydrogen) atoms. The van der Waals surface area contributed by atoms with Gasteiger partial charge in [-0.15, -0.1) is 0 Å². The van der Waals surface area contributed by atoms with Crippen molar-refractivity contribution in [3.8, 4) is 11.3 Å². The molecule has 0 spiro atoms. The van der Waals surface area contributed by atoms with Crippen molar-refractivity contribution >= 4 is 34.7 Å². The largest absolute Gasteiger partial charge is 0.444 e. The fourth-order valence-corrected chi connectivity index (χ4v) is 4.97. The average molecular weight is 584 g/mol. The number of nitrogens with one attached hydrogen (secondary N) is 1. The summed E-state index contributed by atoms with van der Waals surface area (Å²) in [5, 5.41) is 4.52. The molecular formula is C30H32ClF2N5O3. The van der Waals surface area contributed by atoms with E-state index in [0.29, 0.717) is 54.8 Å². The minimum atomic E-state index is -0.908. The number of amides is 1. The van der Waals surface area contributed by atoms with Crippen molar-refractivity contribution in [2.75, 3.05) is 25.0 Å². The first kappa shape index (κ1) is 28.8. The van der Waals surface area contributed by atoms with E-state index in [0.717, 1.165) is 28.8 Å². The normalized spacial score (nSPS) is 15.8. The number of carbonyl (C=O) groups excluding carboxylic acids is 1. The summed E-state index contributed by atoms with van der Waals surface area (Å²) >= 11 is 6.58. The molecule has 1 fully saturated rings. The Morgan fingerprint density at radius 3 is 2.73 bits per heavy atom. The summed E-state index contributed by atoms with van der Waals surface area (Å²) in [7, 11) is 0. The molecule has 0 bridgehead atoms. The van der Waals surface area contributed by atoms with E-state index in [1.807, 2.05) is 51.1 Å². The number of benzene rings is 2. The zero-order valence-corrected chi connectivity index (χ0v) is 23.9. The van der Waals surface area contributed by atoms with Gasteiger partial charge in [-0.05, 0) is 57.0 Å². The number of hydrogen-bond acceptors (Lipinski definition) is 6. The van der Waals surface area contributed by atoms with E-state index in [4.69, 9.17) is 26.1 Å². The smallest absolute Gasteiger partial charge is 0.410 e. The lowest BCUT2D eigenvalue weighted by Crippen LogP contribution is -2.47. The Morgan fingerprint density at radius 1 is 1.17 bits per heavy atom. The predicted molar refractivity (Wildman–Crippen MR) is 154 cm³/mol. The molecule has 1 saturated heterocycles. The third-order valence-electron chi connectivity index (χ3n) is 6.68. The molecular weight excluding hydrogens is 552 g/mol. The SMILES string of the molecule is CC(C)(C)OC(=O)N1CCOC(CCn2c(-c3ccccc3Cl)cc3cnc(NCc4ccc(F)c(F)c4)nc32)C1. The fraction of sp³-hybridized carbons (Fsp3) is 0.367. The number of aryl methyl sites for hydroxylation is 1. The van der Waals surface area contributed by atoms with Crippen LogP contribution in [0.25, 0.3) is 22.3 Å². The number of fused-ring (bicyclic) bond motifs is 1. The number of morpholine rings is 1. The first-order chi connectivity index (χ1) is 19.6. The van der Waals surface area contributed by atoms with Crippen LogP contribution in [0.1, 0.15) is 32.8 Å². The second-order valence-corrected chi connectivity index (χ2v) is 11.4. The van der Waals surface area contributed by atoms with Crippen LogP contribution in [0.3, 0.4) is 0 Å². The van der Waals surface area contributed by atoms with Gasteiger partial charge in [-0.25, -0.2) is 18.6 Å². The molecule has 0 aliphatic carbocycles. The predicted octanol–water partition coefficient (Wildman–Crippen LogP) is 6.67. The van der Waals surface area contributed by atoms with E-state index in [-0.39, 0.29) is 18.7 Å². The van der Waals surface area contributed by atoms with Crippen LogP contribution in [0.5, 0.6) is 0 Å². The van der Waals surface area contributed by atoms with Crippen molar-refractivity contribution in [3.05, 3.63) is 76.9 Å². The molecule has 1 N–H and O–H groups in total. The minimum absolute atomic E-state index is 0.194. The molecule has 11 heteroatoms. The molecule has 5 rings (SSSR count). The highest BCUT2D eigenvalue weighted by atomic mass is 35.5. The van der Waals surface area contributed by atoms with Crippen molar-refractivity contribution in [1.82, 2.24) is 19.4 Å². The van der Waals surface area contributed by atoms with Crippen molar-refractivity contribution in [2.45, 2.75) is 52.0 Å². The third kappa shape index (κ3) is 6.94. The van der Waals surface area contributed by atoms with Crippen molar-refractivity contribution in [2.24, 2.45) is 0 Å². The number of aromatic nitrogens is 3. The molecule has 2 aromatic heterocycles. The monoisotopic (exact) mass is 583 g/mol. The number of rotatable bonds is 7. The maximum Gasteiger partial charge on any atom is 0.410 e. The molecule has 0 saturated carbocycles. The number of hydrogen-bond donors (Lipinski definition) is 1. The molecule has 8 nitrogen and oxygen atoms in total. The molecule has 3 heterocycles.